The van der Waals surface area contributed by atoms with Gasteiger partial charge < -0.3 is 25.3 Å². The molecule has 0 aliphatic heterocycles. The average molecular weight is 362 g/mol. The molecule has 0 heterocycles. The number of carbonyl (C=O) groups is 4. The van der Waals surface area contributed by atoms with Gasteiger partial charge in [0.15, 0.2) is 0 Å². The number of diazo groups is 1. The Balaban J connectivity index is 2.59. The molecule has 1 aromatic carbocycles. The average Bonchev–Trinajstić information content (AvgIpc) is 2.62. The number of Topliss-reactive ketones (excluding diaryl/α,β-unsaturated/α-hetero) is 1. The molecule has 0 fully saturated rings. The van der Waals surface area contributed by atoms with Crippen LogP contribution in [0.1, 0.15) is 18.4 Å². The van der Waals surface area contributed by atoms with Crippen molar-refractivity contribution in [3.63, 3.8) is 0 Å². The Morgan fingerprint density at radius 2 is 1.88 bits per heavy atom. The highest BCUT2D eigenvalue weighted by Gasteiger charge is 2.23. The van der Waals surface area contributed by atoms with Crippen LogP contribution in [0.4, 0.5) is 4.79 Å². The molecule has 2 amide bonds. The fourth-order valence-corrected chi connectivity index (χ4v) is 1.92. The predicted octanol–water partition coefficient (Wildman–Crippen LogP) is -0.650. The van der Waals surface area contributed by atoms with Crippen LogP contribution >= 0.6 is 0 Å². The maximum atomic E-state index is 12.0. The number of hydrogen-bond donors (Lipinski definition) is 2. The first-order valence-corrected chi connectivity index (χ1v) is 7.69. The summed E-state index contributed by atoms with van der Waals surface area (Å²) in [5.74, 6) is -2.76. The Labute approximate surface area is 149 Å². The van der Waals surface area contributed by atoms with Crippen LogP contribution in [0.25, 0.3) is 4.98 Å². The van der Waals surface area contributed by atoms with Crippen LogP contribution < -0.4 is 15.7 Å². The smallest absolute Gasteiger partial charge is 0.408 e. The summed E-state index contributed by atoms with van der Waals surface area (Å²) in [6.45, 7) is -1.20. The highest BCUT2D eigenvalue weighted by atomic mass is 16.5. The summed E-state index contributed by atoms with van der Waals surface area (Å²) < 4.78 is 4.99. The Hall–Kier alpha value is -3.48. The molecule has 0 aromatic heterocycles. The van der Waals surface area contributed by atoms with E-state index in [1.54, 1.807) is 30.3 Å². The van der Waals surface area contributed by atoms with Gasteiger partial charge in [-0.3, -0.25) is 9.59 Å². The monoisotopic (exact) mass is 362 g/mol. The summed E-state index contributed by atoms with van der Waals surface area (Å²) in [5, 5.41) is 23.1. The highest BCUT2D eigenvalue weighted by molar-refractivity contribution is 5.89. The molecule has 10 heteroatoms. The van der Waals surface area contributed by atoms with Gasteiger partial charge >= 0.3 is 12.6 Å². The van der Waals surface area contributed by atoms with Gasteiger partial charge in [-0.2, -0.15) is 0 Å². The first-order valence-electron chi connectivity index (χ1n) is 7.69. The molecule has 0 bridgehead atoms. The lowest BCUT2D eigenvalue weighted by molar-refractivity contribution is -0.304. The lowest BCUT2D eigenvalue weighted by atomic mass is 10.1. The molecule has 1 atom stereocenters. The van der Waals surface area contributed by atoms with Gasteiger partial charge in [-0.25, -0.2) is 4.79 Å². The molecule has 0 unspecified atom stereocenters. The maximum Gasteiger partial charge on any atom is 0.408 e. The lowest BCUT2D eigenvalue weighted by Gasteiger charge is -2.18. The summed E-state index contributed by atoms with van der Waals surface area (Å²) in [4.78, 5) is 48.3. The molecule has 0 saturated carbocycles. The van der Waals surface area contributed by atoms with Gasteiger partial charge in [0.1, 0.15) is 17.6 Å². The first kappa shape index (κ1) is 20.6. The van der Waals surface area contributed by atoms with E-state index in [2.05, 4.69) is 15.6 Å². The summed E-state index contributed by atoms with van der Waals surface area (Å²) in [5.41, 5.74) is 0.736. The normalized spacial score (nSPS) is 10.9. The molecule has 1 rings (SSSR count). The number of carboxylic acids is 1. The number of nitrogens with one attached hydrogen (secondary N) is 2. The molecular weight excluding hydrogens is 344 g/mol. The van der Waals surface area contributed by atoms with Crippen LogP contribution in [0, 0.1) is 5.39 Å². The second kappa shape index (κ2) is 11.1. The van der Waals surface area contributed by atoms with Gasteiger partial charge in [-0.05, 0) is 12.0 Å². The van der Waals surface area contributed by atoms with Gasteiger partial charge in [0.05, 0.1) is 12.5 Å². The molecule has 1 aromatic rings. The van der Waals surface area contributed by atoms with Crippen LogP contribution in [0.2, 0.25) is 0 Å². The van der Waals surface area contributed by atoms with Crippen molar-refractivity contribution in [2.75, 3.05) is 13.1 Å². The number of rotatable bonds is 10. The highest BCUT2D eigenvalue weighted by Crippen LogP contribution is 2.03. The third kappa shape index (κ3) is 8.39. The zero-order valence-electron chi connectivity index (χ0n) is 13.8. The Bertz CT molecular complexity index is 686. The number of hydrogen-bond acceptors (Lipinski definition) is 7. The van der Waals surface area contributed by atoms with Crippen molar-refractivity contribution in [3.8, 4) is 0 Å². The minimum atomic E-state index is -1.50. The summed E-state index contributed by atoms with van der Waals surface area (Å²) >= 11 is 0. The van der Waals surface area contributed by atoms with Crippen molar-refractivity contribution < 1.29 is 29.0 Å². The summed E-state index contributed by atoms with van der Waals surface area (Å²) in [6.07, 6.45) is -1.18. The van der Waals surface area contributed by atoms with E-state index in [0.29, 0.717) is 0 Å². The fraction of sp³-hybridized carbons (Fsp3) is 0.375. The molecule has 0 aliphatic carbocycles. The number of ketones is 1. The number of ether oxygens (including phenoxy) is 1. The molecular formula is C16H18N4O6. The van der Waals surface area contributed by atoms with Gasteiger partial charge in [-0.15, -0.1) is 0 Å². The minimum Gasteiger partial charge on any atom is -0.548 e. The van der Waals surface area contributed by atoms with Crippen LogP contribution in [-0.2, 0) is 25.7 Å². The molecule has 0 spiro atoms. The van der Waals surface area contributed by atoms with Crippen LogP contribution in [0.3, 0.4) is 0 Å². The third-order valence-electron chi connectivity index (χ3n) is 3.19. The zero-order chi connectivity index (χ0) is 19.4. The van der Waals surface area contributed by atoms with Crippen LogP contribution in [0.5, 0.6) is 0 Å². The van der Waals surface area contributed by atoms with E-state index in [1.165, 1.54) is 0 Å². The van der Waals surface area contributed by atoms with Gasteiger partial charge in [0.25, 0.3) is 0 Å². The van der Waals surface area contributed by atoms with Crippen molar-refractivity contribution in [2.45, 2.75) is 25.5 Å². The Kier molecular flexibility index (Phi) is 8.81. The fourth-order valence-electron chi connectivity index (χ4n) is 1.92. The number of carbonyl (C=O) groups excluding carboxylic acids is 4. The van der Waals surface area contributed by atoms with E-state index in [9.17, 15) is 24.3 Å². The first-order chi connectivity index (χ1) is 12.4. The van der Waals surface area contributed by atoms with Crippen molar-refractivity contribution in [3.05, 3.63) is 40.9 Å². The predicted molar refractivity (Wildman–Crippen MR) is 85.8 cm³/mol. The quantitative estimate of drug-likeness (QED) is 0.524. The van der Waals surface area contributed by atoms with Crippen molar-refractivity contribution in [1.29, 1.82) is 5.39 Å². The second-order valence-corrected chi connectivity index (χ2v) is 5.23. The van der Waals surface area contributed by atoms with E-state index in [0.717, 1.165) is 5.56 Å². The number of alkyl carbamates (subject to hydrolysis) is 1. The topological polar surface area (TPSA) is 153 Å². The van der Waals surface area contributed by atoms with Gasteiger partial charge in [0.2, 0.25) is 17.1 Å². The SMILES string of the molecule is N#[N+]CC(=O)CC[C@H](NC(=O)OCc1ccccc1)C(=O)NCC(=O)[O-]. The van der Waals surface area contributed by atoms with E-state index in [1.807, 2.05) is 0 Å². The summed E-state index contributed by atoms with van der Waals surface area (Å²) in [6, 6.07) is 7.63. The molecule has 138 valence electrons. The number of amides is 2. The number of aliphatic carboxylic acids is 1. The van der Waals surface area contributed by atoms with E-state index in [4.69, 9.17) is 10.1 Å². The van der Waals surface area contributed by atoms with Gasteiger partial charge in [-0.1, -0.05) is 30.3 Å². The Morgan fingerprint density at radius 3 is 2.50 bits per heavy atom. The van der Waals surface area contributed by atoms with E-state index in [-0.39, 0.29) is 19.4 Å². The minimum absolute atomic E-state index is 0.0254. The third-order valence-corrected chi connectivity index (χ3v) is 3.19. The van der Waals surface area contributed by atoms with Crippen molar-refractivity contribution in [1.82, 2.24) is 10.6 Å². The zero-order valence-corrected chi connectivity index (χ0v) is 13.8. The maximum absolute atomic E-state index is 12.0. The van der Waals surface area contributed by atoms with E-state index >= 15 is 0 Å². The van der Waals surface area contributed by atoms with E-state index < -0.39 is 42.9 Å². The molecule has 10 nitrogen and oxygen atoms in total. The van der Waals surface area contributed by atoms with Crippen LogP contribution in [-0.4, -0.2) is 42.9 Å². The van der Waals surface area contributed by atoms with Crippen molar-refractivity contribution >= 4 is 23.8 Å². The van der Waals surface area contributed by atoms with Gasteiger partial charge in [0, 0.05) is 6.42 Å². The number of benzene rings is 1. The second-order valence-electron chi connectivity index (χ2n) is 5.23. The standard InChI is InChI=1S/C16H18N4O6/c17-19-8-12(21)6-7-13(15(24)18-9-14(22)23)20-16(25)26-10-11-4-2-1-3-5-11/h1-5,13H,6-10H2,(H2-,18,20,22,23,24,25)/t13-/m0/s1. The molecule has 0 saturated heterocycles. The largest absolute Gasteiger partial charge is 0.548 e. The molecule has 0 aliphatic rings. The molecule has 26 heavy (non-hydrogen) atoms. The number of carboxylic acid groups (broad SMARTS) is 1. The Morgan fingerprint density at radius 1 is 1.19 bits per heavy atom. The molecule has 0 radical (unpaired) electrons. The summed E-state index contributed by atoms with van der Waals surface area (Å²) in [7, 11) is 0. The van der Waals surface area contributed by atoms with Crippen LogP contribution in [0.15, 0.2) is 30.3 Å². The number of nitrogens with zero attached hydrogens (tertiary/aromatic N) is 2. The molecule has 2 N–H and O–H groups in total. The lowest BCUT2D eigenvalue weighted by Crippen LogP contribution is -2.49. The van der Waals surface area contributed by atoms with Crippen molar-refractivity contribution in [2.24, 2.45) is 0 Å².